The Hall–Kier alpha value is -1.60. The summed E-state index contributed by atoms with van der Waals surface area (Å²) in [4.78, 5) is 16.9. The van der Waals surface area contributed by atoms with Gasteiger partial charge in [-0.15, -0.1) is 0 Å². The Morgan fingerprint density at radius 2 is 2.18 bits per heavy atom. The number of nitrogens with one attached hydrogen (secondary N) is 1. The number of amides is 2. The molecule has 0 bridgehead atoms. The van der Waals surface area contributed by atoms with Gasteiger partial charge >= 0.3 is 6.03 Å². The van der Waals surface area contributed by atoms with Crippen molar-refractivity contribution in [3.8, 4) is 0 Å². The number of hydrogen-bond donors (Lipinski definition) is 1. The Morgan fingerprint density at radius 3 is 2.86 bits per heavy atom. The van der Waals surface area contributed by atoms with Gasteiger partial charge in [0, 0.05) is 51.0 Å². The highest BCUT2D eigenvalue weighted by atomic mass is 16.5. The van der Waals surface area contributed by atoms with E-state index in [2.05, 4.69) is 15.3 Å². The number of aromatic nitrogens is 2. The highest BCUT2D eigenvalue weighted by molar-refractivity contribution is 5.88. The van der Waals surface area contributed by atoms with Crippen LogP contribution in [0.1, 0.15) is 18.5 Å². The van der Waals surface area contributed by atoms with Crippen LogP contribution in [0, 0.1) is 6.92 Å². The Balaban J connectivity index is 1.58. The zero-order chi connectivity index (χ0) is 15.5. The summed E-state index contributed by atoms with van der Waals surface area (Å²) in [6, 6.07) is 2.15. The molecule has 0 aromatic carbocycles. The molecule has 2 aliphatic heterocycles. The monoisotopic (exact) mass is 307 g/mol. The topological polar surface area (TPSA) is 62.6 Å². The zero-order valence-corrected chi connectivity index (χ0v) is 13.4. The van der Waals surface area contributed by atoms with Crippen molar-refractivity contribution in [2.45, 2.75) is 25.8 Å². The van der Waals surface area contributed by atoms with Crippen molar-refractivity contribution in [1.29, 1.82) is 0 Å². The summed E-state index contributed by atoms with van der Waals surface area (Å²) in [6.07, 6.45) is 2.15. The number of anilines is 1. The van der Waals surface area contributed by atoms with Crippen LogP contribution in [0.3, 0.4) is 0 Å². The van der Waals surface area contributed by atoms with Gasteiger partial charge in [0.25, 0.3) is 0 Å². The van der Waals surface area contributed by atoms with E-state index in [1.54, 1.807) is 4.68 Å². The van der Waals surface area contributed by atoms with E-state index in [9.17, 15) is 4.79 Å². The summed E-state index contributed by atoms with van der Waals surface area (Å²) in [5, 5.41) is 7.22. The fourth-order valence-electron chi connectivity index (χ4n) is 3.18. The predicted molar refractivity (Wildman–Crippen MR) is 84.0 cm³/mol. The number of carbonyl (C=O) groups excluding carboxylic acids is 1. The molecule has 0 aliphatic carbocycles. The lowest BCUT2D eigenvalue weighted by molar-refractivity contribution is 0.0296. The second-order valence-electron chi connectivity index (χ2n) is 6.13. The van der Waals surface area contributed by atoms with Crippen molar-refractivity contribution in [3.05, 3.63) is 11.8 Å². The summed E-state index contributed by atoms with van der Waals surface area (Å²) < 4.78 is 7.15. The molecule has 1 aromatic heterocycles. The quantitative estimate of drug-likeness (QED) is 0.907. The first-order valence-corrected chi connectivity index (χ1v) is 8.02. The third-order valence-electron chi connectivity index (χ3n) is 4.56. The number of nitrogens with zero attached hydrogens (tertiary/aromatic N) is 4. The molecule has 3 rings (SSSR count). The van der Waals surface area contributed by atoms with Crippen molar-refractivity contribution in [2.75, 3.05) is 44.7 Å². The minimum Gasteiger partial charge on any atom is -0.379 e. The molecule has 3 heterocycles. The summed E-state index contributed by atoms with van der Waals surface area (Å²) in [5.41, 5.74) is 1.03. The normalized spacial score (nSPS) is 23.0. The lowest BCUT2D eigenvalue weighted by Gasteiger charge is -2.32. The maximum absolute atomic E-state index is 12.5. The van der Waals surface area contributed by atoms with Crippen molar-refractivity contribution < 1.29 is 9.53 Å². The van der Waals surface area contributed by atoms with Crippen LogP contribution in [0.15, 0.2) is 6.07 Å². The van der Waals surface area contributed by atoms with Crippen LogP contribution in [0.25, 0.3) is 0 Å². The smallest absolute Gasteiger partial charge is 0.323 e. The van der Waals surface area contributed by atoms with Crippen LogP contribution < -0.4 is 5.32 Å². The molecule has 22 heavy (non-hydrogen) atoms. The molecule has 2 saturated heterocycles. The highest BCUT2D eigenvalue weighted by Crippen LogP contribution is 2.20. The van der Waals surface area contributed by atoms with E-state index in [4.69, 9.17) is 4.74 Å². The summed E-state index contributed by atoms with van der Waals surface area (Å²) >= 11 is 0. The van der Waals surface area contributed by atoms with E-state index in [0.29, 0.717) is 11.9 Å². The number of carbonyl (C=O) groups is 1. The second-order valence-corrected chi connectivity index (χ2v) is 6.13. The zero-order valence-electron chi connectivity index (χ0n) is 13.4. The minimum atomic E-state index is -0.0335. The van der Waals surface area contributed by atoms with E-state index >= 15 is 0 Å². The third-order valence-corrected chi connectivity index (χ3v) is 4.56. The number of ether oxygens (including phenoxy) is 1. The van der Waals surface area contributed by atoms with Crippen LogP contribution >= 0.6 is 0 Å². The summed E-state index contributed by atoms with van der Waals surface area (Å²) in [5.74, 6) is 0.627. The fraction of sp³-hybridized carbons (Fsp3) is 0.733. The van der Waals surface area contributed by atoms with E-state index in [1.165, 1.54) is 0 Å². The Bertz CT molecular complexity index is 505. The molecule has 7 heteroatoms. The maximum atomic E-state index is 12.5. The Kier molecular flexibility index (Phi) is 4.63. The van der Waals surface area contributed by atoms with Gasteiger partial charge in [0.15, 0.2) is 5.82 Å². The third kappa shape index (κ3) is 3.41. The van der Waals surface area contributed by atoms with Gasteiger partial charge in [0.1, 0.15) is 0 Å². The number of rotatable bonds is 3. The molecular formula is C15H25N5O2. The van der Waals surface area contributed by atoms with Gasteiger partial charge in [0.05, 0.1) is 13.2 Å². The first kappa shape index (κ1) is 15.3. The average Bonchev–Trinajstić information content (AvgIpc) is 3.07. The molecule has 0 saturated carbocycles. The summed E-state index contributed by atoms with van der Waals surface area (Å²) in [6.45, 7) is 7.26. The van der Waals surface area contributed by atoms with E-state index in [0.717, 1.165) is 57.9 Å². The first-order chi connectivity index (χ1) is 10.6. The molecule has 7 nitrogen and oxygen atoms in total. The molecule has 1 aromatic rings. The van der Waals surface area contributed by atoms with Gasteiger partial charge in [0.2, 0.25) is 0 Å². The molecule has 2 amide bonds. The highest BCUT2D eigenvalue weighted by Gasteiger charge is 2.30. The molecule has 0 unspecified atom stereocenters. The van der Waals surface area contributed by atoms with E-state index < -0.39 is 0 Å². The molecule has 0 radical (unpaired) electrons. The number of likely N-dealkylation sites (tertiary alicyclic amines) is 1. The van der Waals surface area contributed by atoms with Crippen LogP contribution in [0.5, 0.6) is 0 Å². The number of aryl methyl sites for hydroxylation is 2. The van der Waals surface area contributed by atoms with E-state index in [1.807, 2.05) is 24.9 Å². The van der Waals surface area contributed by atoms with Crippen molar-refractivity contribution in [2.24, 2.45) is 7.05 Å². The molecular weight excluding hydrogens is 282 g/mol. The van der Waals surface area contributed by atoms with Crippen LogP contribution in [0.2, 0.25) is 0 Å². The maximum Gasteiger partial charge on any atom is 0.323 e. The van der Waals surface area contributed by atoms with Crippen molar-refractivity contribution >= 4 is 11.8 Å². The molecule has 122 valence electrons. The molecule has 2 aliphatic rings. The van der Waals surface area contributed by atoms with Crippen LogP contribution in [0.4, 0.5) is 10.6 Å². The standard InChI is InChI=1S/C15H25N5O2/c1-12-10-14(17-18(12)2)16-15(21)20-5-3-4-13(20)11-19-6-8-22-9-7-19/h10,13H,3-9,11H2,1-2H3,(H,16,17,21)/t13-/m0/s1. The largest absolute Gasteiger partial charge is 0.379 e. The first-order valence-electron chi connectivity index (χ1n) is 8.02. The molecule has 0 spiro atoms. The molecule has 1 N–H and O–H groups in total. The molecule has 1 atom stereocenters. The van der Waals surface area contributed by atoms with Gasteiger partial charge in [-0.1, -0.05) is 0 Å². The average molecular weight is 307 g/mol. The Labute approximate surface area is 131 Å². The van der Waals surface area contributed by atoms with Crippen molar-refractivity contribution in [1.82, 2.24) is 19.6 Å². The van der Waals surface area contributed by atoms with Crippen molar-refractivity contribution in [3.63, 3.8) is 0 Å². The van der Waals surface area contributed by atoms with E-state index in [-0.39, 0.29) is 6.03 Å². The number of hydrogen-bond acceptors (Lipinski definition) is 4. The fourth-order valence-corrected chi connectivity index (χ4v) is 3.18. The minimum absolute atomic E-state index is 0.0335. The summed E-state index contributed by atoms with van der Waals surface area (Å²) in [7, 11) is 1.88. The lowest BCUT2D eigenvalue weighted by atomic mass is 10.2. The number of urea groups is 1. The van der Waals surface area contributed by atoms with Gasteiger partial charge in [-0.3, -0.25) is 14.9 Å². The van der Waals surface area contributed by atoms with Crippen LogP contribution in [-0.4, -0.2) is 71.0 Å². The second kappa shape index (κ2) is 6.66. The Morgan fingerprint density at radius 1 is 1.41 bits per heavy atom. The number of morpholine rings is 1. The SMILES string of the molecule is Cc1cc(NC(=O)N2CCC[C@H]2CN2CCOCC2)nn1C. The van der Waals surface area contributed by atoms with Gasteiger partial charge in [-0.05, 0) is 19.8 Å². The lowest BCUT2D eigenvalue weighted by Crippen LogP contribution is -2.47. The van der Waals surface area contributed by atoms with Gasteiger partial charge in [-0.2, -0.15) is 5.10 Å². The predicted octanol–water partition coefficient (Wildman–Crippen LogP) is 1.06. The van der Waals surface area contributed by atoms with Gasteiger partial charge in [-0.25, -0.2) is 4.79 Å². The van der Waals surface area contributed by atoms with Crippen LogP contribution in [-0.2, 0) is 11.8 Å². The van der Waals surface area contributed by atoms with Gasteiger partial charge < -0.3 is 9.64 Å². The molecule has 2 fully saturated rings.